The van der Waals surface area contributed by atoms with Gasteiger partial charge in [-0.1, -0.05) is 158 Å². The molecule has 260 valence electrons. The van der Waals surface area contributed by atoms with E-state index in [1.165, 1.54) is 27.6 Å². The molecule has 3 aliphatic rings. The monoisotopic (exact) mass is 706 g/mol. The molecular weight excluding hydrogens is 673 g/mol. The van der Waals surface area contributed by atoms with Gasteiger partial charge in [0.05, 0.1) is 5.41 Å². The molecule has 2 heterocycles. The van der Waals surface area contributed by atoms with E-state index in [0.717, 1.165) is 73.2 Å². The second kappa shape index (κ2) is 12.2. The molecule has 2 unspecified atom stereocenters. The first kappa shape index (κ1) is 31.3. The Morgan fingerprint density at radius 2 is 1.13 bits per heavy atom. The molecule has 3 N–H and O–H groups in total. The number of benzene rings is 8. The summed E-state index contributed by atoms with van der Waals surface area (Å²) in [5.41, 5.74) is 18.4. The maximum atomic E-state index is 6.99. The molecule has 8 aromatic carbocycles. The number of aliphatic imine (C=N–C) groups is 2. The predicted octanol–water partition coefficient (Wildman–Crippen LogP) is 11.1. The Balaban J connectivity index is 1.23. The smallest absolute Gasteiger partial charge is 0.169 e. The van der Waals surface area contributed by atoms with Crippen molar-refractivity contribution in [2.45, 2.75) is 11.6 Å². The van der Waals surface area contributed by atoms with Gasteiger partial charge in [0.25, 0.3) is 0 Å². The lowest BCUT2D eigenvalue weighted by Gasteiger charge is -2.40. The number of hydrogen-bond acceptors (Lipinski definition) is 5. The first-order valence-electron chi connectivity index (χ1n) is 18.6. The maximum Gasteiger partial charge on any atom is 0.169 e. The van der Waals surface area contributed by atoms with Crippen LogP contribution in [-0.4, -0.2) is 11.7 Å². The zero-order chi connectivity index (χ0) is 36.5. The Morgan fingerprint density at radius 1 is 0.491 bits per heavy atom. The van der Waals surface area contributed by atoms with Crippen LogP contribution in [0.1, 0.15) is 45.1 Å². The van der Waals surface area contributed by atoms with Crippen LogP contribution in [0.5, 0.6) is 11.5 Å². The summed E-state index contributed by atoms with van der Waals surface area (Å²) >= 11 is 0. The van der Waals surface area contributed by atoms with Gasteiger partial charge < -0.3 is 15.8 Å². The Morgan fingerprint density at radius 3 is 1.95 bits per heavy atom. The number of amidine groups is 2. The number of nitrogens with one attached hydrogen (secondary N) is 1. The lowest BCUT2D eigenvalue weighted by molar-refractivity contribution is 0.438. The first-order chi connectivity index (χ1) is 27.2. The zero-order valence-corrected chi connectivity index (χ0v) is 29.8. The van der Waals surface area contributed by atoms with Crippen LogP contribution in [0.25, 0.3) is 33.0 Å². The van der Waals surface area contributed by atoms with E-state index < -0.39 is 11.6 Å². The van der Waals surface area contributed by atoms with E-state index in [0.29, 0.717) is 0 Å². The van der Waals surface area contributed by atoms with Crippen LogP contribution >= 0.6 is 0 Å². The largest absolute Gasteiger partial charge is 0.456 e. The van der Waals surface area contributed by atoms with Gasteiger partial charge in [0.2, 0.25) is 0 Å². The third-order valence-electron chi connectivity index (χ3n) is 11.3. The van der Waals surface area contributed by atoms with Crippen molar-refractivity contribution < 1.29 is 4.74 Å². The summed E-state index contributed by atoms with van der Waals surface area (Å²) in [4.78, 5) is 10.6. The molecule has 11 rings (SSSR count). The molecule has 2 atom stereocenters. The van der Waals surface area contributed by atoms with E-state index in [1.54, 1.807) is 0 Å². The van der Waals surface area contributed by atoms with Crippen molar-refractivity contribution in [1.29, 1.82) is 0 Å². The summed E-state index contributed by atoms with van der Waals surface area (Å²) in [6.07, 6.45) is -0.419. The van der Waals surface area contributed by atoms with Crippen LogP contribution in [0.3, 0.4) is 0 Å². The Hall–Kier alpha value is -7.24. The molecule has 2 aliphatic heterocycles. The van der Waals surface area contributed by atoms with Gasteiger partial charge in [0.1, 0.15) is 23.2 Å². The topological polar surface area (TPSA) is 72.0 Å². The van der Waals surface area contributed by atoms with E-state index in [2.05, 4.69) is 151 Å². The fourth-order valence-corrected chi connectivity index (χ4v) is 8.97. The minimum absolute atomic E-state index is 0.419. The number of para-hydroxylation sites is 2. The van der Waals surface area contributed by atoms with Crippen LogP contribution in [0.2, 0.25) is 0 Å². The number of hydrogen-bond donors (Lipinski definition) is 2. The van der Waals surface area contributed by atoms with Crippen LogP contribution in [-0.2, 0) is 5.41 Å². The average molecular weight is 707 g/mol. The molecule has 1 aliphatic carbocycles. The van der Waals surface area contributed by atoms with E-state index in [4.69, 9.17) is 20.5 Å². The molecule has 55 heavy (non-hydrogen) atoms. The normalized spacial score (nSPS) is 17.6. The average Bonchev–Trinajstić information content (AvgIpc) is 3.54. The molecule has 0 aromatic heterocycles. The van der Waals surface area contributed by atoms with Crippen molar-refractivity contribution in [3.05, 3.63) is 221 Å². The minimum Gasteiger partial charge on any atom is -0.456 e. The van der Waals surface area contributed by atoms with Crippen LogP contribution in [0, 0.1) is 0 Å². The van der Waals surface area contributed by atoms with Crippen molar-refractivity contribution in [1.82, 2.24) is 5.32 Å². The van der Waals surface area contributed by atoms with Gasteiger partial charge in [-0.3, -0.25) is 0 Å². The van der Waals surface area contributed by atoms with Crippen molar-refractivity contribution >= 4 is 28.1 Å². The SMILES string of the molecule is Nc1ccc(-c2cccc3c2Oc2ccccc2C32c3ccccc3-c3c2cc(C2=NC(c4ccccc4)N=C(c4ccccc4)N2)c2ccccc32)cc1. The van der Waals surface area contributed by atoms with Gasteiger partial charge in [-0.15, -0.1) is 0 Å². The molecular formula is C50H34N4O. The van der Waals surface area contributed by atoms with Crippen LogP contribution in [0.4, 0.5) is 5.69 Å². The number of rotatable bonds is 4. The Bertz CT molecular complexity index is 2880. The highest BCUT2D eigenvalue weighted by Gasteiger charge is 2.52. The summed E-state index contributed by atoms with van der Waals surface area (Å²) in [6.45, 7) is 0. The van der Waals surface area contributed by atoms with Crippen molar-refractivity contribution in [3.63, 3.8) is 0 Å². The van der Waals surface area contributed by atoms with E-state index in [1.807, 2.05) is 36.4 Å². The van der Waals surface area contributed by atoms with Gasteiger partial charge in [-0.05, 0) is 68.4 Å². The first-order valence-corrected chi connectivity index (χ1v) is 18.6. The van der Waals surface area contributed by atoms with Crippen molar-refractivity contribution in [2.75, 3.05) is 5.73 Å². The molecule has 0 saturated carbocycles. The third kappa shape index (κ3) is 4.66. The van der Waals surface area contributed by atoms with E-state index in [-0.39, 0.29) is 0 Å². The molecule has 8 aromatic rings. The summed E-state index contributed by atoms with van der Waals surface area (Å²) in [6, 6.07) is 63.8. The molecule has 0 amide bonds. The lowest BCUT2D eigenvalue weighted by atomic mass is 9.65. The molecule has 5 nitrogen and oxygen atoms in total. The van der Waals surface area contributed by atoms with Crippen molar-refractivity contribution in [3.8, 4) is 33.8 Å². The zero-order valence-electron chi connectivity index (χ0n) is 29.8. The summed E-state index contributed by atoms with van der Waals surface area (Å²) in [5, 5.41) is 6.01. The van der Waals surface area contributed by atoms with Gasteiger partial charge in [0.15, 0.2) is 6.17 Å². The van der Waals surface area contributed by atoms with Gasteiger partial charge in [0, 0.05) is 33.5 Å². The lowest BCUT2D eigenvalue weighted by Crippen LogP contribution is -2.37. The molecule has 0 bridgehead atoms. The molecule has 5 heteroatoms. The van der Waals surface area contributed by atoms with Crippen LogP contribution < -0.4 is 15.8 Å². The standard InChI is InChI=1S/C50H34N4O/c51-34-28-26-31(27-29-34)35-21-13-24-42-46(35)55-44-25-12-11-23-41(44)50(42)40-22-10-9-20-38(40)45-37-19-8-7-18-36(37)39(30-43(45)50)49-53-47(32-14-3-1-4-15-32)52-48(54-49)33-16-5-2-6-17-33/h1-30,47H,51H2,(H,52,53,54). The Labute approximate surface area is 319 Å². The third-order valence-corrected chi connectivity index (χ3v) is 11.3. The maximum absolute atomic E-state index is 6.99. The fraction of sp³-hybridized carbons (Fsp3) is 0.0400. The number of nitrogens with zero attached hydrogens (tertiary/aromatic N) is 2. The number of nitrogens with two attached hydrogens (primary N) is 1. The number of nitrogen functional groups attached to an aromatic ring is 1. The Kier molecular flexibility index (Phi) is 6.92. The highest BCUT2D eigenvalue weighted by Crippen LogP contribution is 2.64. The van der Waals surface area contributed by atoms with Gasteiger partial charge in [-0.25, -0.2) is 9.98 Å². The molecule has 0 saturated heterocycles. The molecule has 0 radical (unpaired) electrons. The quantitative estimate of drug-likeness (QED) is 0.179. The van der Waals surface area contributed by atoms with Crippen molar-refractivity contribution in [2.24, 2.45) is 9.98 Å². The number of fused-ring (bicyclic) bond motifs is 11. The van der Waals surface area contributed by atoms with Gasteiger partial charge >= 0.3 is 0 Å². The van der Waals surface area contributed by atoms with E-state index in [9.17, 15) is 0 Å². The molecule has 0 fully saturated rings. The second-order valence-corrected chi connectivity index (χ2v) is 14.3. The summed E-state index contributed by atoms with van der Waals surface area (Å²) in [5.74, 6) is 3.26. The summed E-state index contributed by atoms with van der Waals surface area (Å²) < 4.78 is 6.99. The predicted molar refractivity (Wildman–Crippen MR) is 223 cm³/mol. The number of ether oxygens (including phenoxy) is 1. The van der Waals surface area contributed by atoms with Crippen LogP contribution in [0.15, 0.2) is 192 Å². The summed E-state index contributed by atoms with van der Waals surface area (Å²) in [7, 11) is 0. The number of anilines is 1. The fourth-order valence-electron chi connectivity index (χ4n) is 8.97. The highest BCUT2D eigenvalue weighted by atomic mass is 16.5. The van der Waals surface area contributed by atoms with Gasteiger partial charge in [-0.2, -0.15) is 0 Å². The van der Waals surface area contributed by atoms with E-state index >= 15 is 0 Å². The highest BCUT2D eigenvalue weighted by molar-refractivity contribution is 6.22. The second-order valence-electron chi connectivity index (χ2n) is 14.3. The minimum atomic E-state index is -0.691. The molecule has 1 spiro atoms.